The molecule has 3 rings (SSSR count). The number of benzene rings is 2. The molecule has 24 heavy (non-hydrogen) atoms. The lowest BCUT2D eigenvalue weighted by Crippen LogP contribution is -2.25. The Hall–Kier alpha value is -2.68. The molecule has 3 aromatic rings. The van der Waals surface area contributed by atoms with Gasteiger partial charge in [0.05, 0.1) is 17.6 Å². The lowest BCUT2D eigenvalue weighted by molar-refractivity contribution is -0.153. The van der Waals surface area contributed by atoms with Crippen molar-refractivity contribution >= 4 is 16.9 Å². The standard InChI is InChI=1S/C21H21NO2/c1-21(2,3)24-20(23)14-19-17(15-9-5-4-6-10-15)13-16-11-7-8-12-18(16)22-19/h4-13H,14H2,1-3H3. The zero-order chi connectivity index (χ0) is 17.2. The number of carbonyl (C=O) groups excluding carboxylic acids is 1. The Morgan fingerprint density at radius 3 is 2.38 bits per heavy atom. The van der Waals surface area contributed by atoms with Crippen molar-refractivity contribution in [2.75, 3.05) is 0 Å². The molecule has 0 aliphatic heterocycles. The molecule has 0 aliphatic rings. The molecule has 0 saturated carbocycles. The highest BCUT2D eigenvalue weighted by Gasteiger charge is 2.19. The predicted molar refractivity (Wildman–Crippen MR) is 96.7 cm³/mol. The van der Waals surface area contributed by atoms with Gasteiger partial charge >= 0.3 is 5.97 Å². The topological polar surface area (TPSA) is 39.2 Å². The zero-order valence-corrected chi connectivity index (χ0v) is 14.2. The molecule has 0 unspecified atom stereocenters. The van der Waals surface area contributed by atoms with E-state index in [-0.39, 0.29) is 12.4 Å². The Kier molecular flexibility index (Phi) is 4.34. The van der Waals surface area contributed by atoms with Crippen LogP contribution in [-0.2, 0) is 16.0 Å². The minimum atomic E-state index is -0.499. The van der Waals surface area contributed by atoms with Gasteiger partial charge in [0, 0.05) is 10.9 Å². The maximum Gasteiger partial charge on any atom is 0.312 e. The molecule has 1 aromatic heterocycles. The van der Waals surface area contributed by atoms with Crippen LogP contribution < -0.4 is 0 Å². The van der Waals surface area contributed by atoms with E-state index >= 15 is 0 Å². The van der Waals surface area contributed by atoms with Crippen LogP contribution in [0.4, 0.5) is 0 Å². The average Bonchev–Trinajstić information content (AvgIpc) is 2.53. The van der Waals surface area contributed by atoms with Gasteiger partial charge in [0.15, 0.2) is 0 Å². The highest BCUT2D eigenvalue weighted by molar-refractivity contribution is 5.87. The second-order valence-electron chi connectivity index (χ2n) is 6.80. The molecule has 3 heteroatoms. The van der Waals surface area contributed by atoms with Crippen LogP contribution in [0.2, 0.25) is 0 Å². The van der Waals surface area contributed by atoms with Crippen molar-refractivity contribution in [1.82, 2.24) is 4.98 Å². The first-order valence-electron chi connectivity index (χ1n) is 8.08. The SMILES string of the molecule is CC(C)(C)OC(=O)Cc1nc2ccccc2cc1-c1ccccc1. The first-order valence-corrected chi connectivity index (χ1v) is 8.08. The second kappa shape index (κ2) is 6.44. The van der Waals surface area contributed by atoms with Gasteiger partial charge in [-0.05, 0) is 38.5 Å². The van der Waals surface area contributed by atoms with E-state index in [1.54, 1.807) is 0 Å². The lowest BCUT2D eigenvalue weighted by Gasteiger charge is -2.20. The molecule has 0 N–H and O–H groups in total. The van der Waals surface area contributed by atoms with E-state index in [2.05, 4.69) is 6.07 Å². The summed E-state index contributed by atoms with van der Waals surface area (Å²) in [6.45, 7) is 5.62. The van der Waals surface area contributed by atoms with Gasteiger partial charge in [-0.2, -0.15) is 0 Å². The summed E-state index contributed by atoms with van der Waals surface area (Å²) >= 11 is 0. The highest BCUT2D eigenvalue weighted by Crippen LogP contribution is 2.27. The molecule has 0 radical (unpaired) electrons. The van der Waals surface area contributed by atoms with Crippen LogP contribution in [0.3, 0.4) is 0 Å². The predicted octanol–water partition coefficient (Wildman–Crippen LogP) is 4.79. The van der Waals surface area contributed by atoms with Crippen LogP contribution in [0.5, 0.6) is 0 Å². The summed E-state index contributed by atoms with van der Waals surface area (Å²) in [7, 11) is 0. The van der Waals surface area contributed by atoms with E-state index in [1.807, 2.05) is 75.4 Å². The van der Waals surface area contributed by atoms with Crippen molar-refractivity contribution in [3.8, 4) is 11.1 Å². The molecule has 0 atom stereocenters. The fourth-order valence-corrected chi connectivity index (χ4v) is 2.67. The first-order chi connectivity index (χ1) is 11.4. The molecule has 1 heterocycles. The maximum absolute atomic E-state index is 12.3. The van der Waals surface area contributed by atoms with Crippen molar-refractivity contribution < 1.29 is 9.53 Å². The maximum atomic E-state index is 12.3. The van der Waals surface area contributed by atoms with Crippen LogP contribution in [0.25, 0.3) is 22.0 Å². The van der Waals surface area contributed by atoms with Gasteiger partial charge in [0.1, 0.15) is 5.60 Å². The molecule has 2 aromatic carbocycles. The zero-order valence-electron chi connectivity index (χ0n) is 14.2. The van der Waals surface area contributed by atoms with Crippen LogP contribution in [0.15, 0.2) is 60.7 Å². The van der Waals surface area contributed by atoms with E-state index in [0.717, 1.165) is 27.7 Å². The van der Waals surface area contributed by atoms with E-state index < -0.39 is 5.60 Å². The number of pyridine rings is 1. The van der Waals surface area contributed by atoms with E-state index in [0.29, 0.717) is 0 Å². The third-order valence-corrected chi connectivity index (χ3v) is 3.62. The van der Waals surface area contributed by atoms with E-state index in [1.165, 1.54) is 0 Å². The molecule has 0 saturated heterocycles. The van der Waals surface area contributed by atoms with Gasteiger partial charge in [-0.15, -0.1) is 0 Å². The number of hydrogen-bond acceptors (Lipinski definition) is 3. The second-order valence-corrected chi connectivity index (χ2v) is 6.80. The Labute approximate surface area is 142 Å². The number of rotatable bonds is 3. The van der Waals surface area contributed by atoms with Crippen molar-refractivity contribution in [2.24, 2.45) is 0 Å². The fraction of sp³-hybridized carbons (Fsp3) is 0.238. The average molecular weight is 319 g/mol. The molecule has 0 aliphatic carbocycles. The number of hydrogen-bond donors (Lipinski definition) is 0. The summed E-state index contributed by atoms with van der Waals surface area (Å²) in [5.74, 6) is -0.262. The lowest BCUT2D eigenvalue weighted by atomic mass is 10.00. The molecular weight excluding hydrogens is 298 g/mol. The van der Waals surface area contributed by atoms with Crippen molar-refractivity contribution in [3.05, 3.63) is 66.4 Å². The molecule has 0 amide bonds. The Morgan fingerprint density at radius 1 is 1.00 bits per heavy atom. The Morgan fingerprint density at radius 2 is 1.67 bits per heavy atom. The number of nitrogens with zero attached hydrogens (tertiary/aromatic N) is 1. The number of esters is 1. The smallest absolute Gasteiger partial charge is 0.312 e. The van der Waals surface area contributed by atoms with Gasteiger partial charge in [0.2, 0.25) is 0 Å². The number of para-hydroxylation sites is 1. The number of carbonyl (C=O) groups is 1. The Bertz CT molecular complexity index is 864. The van der Waals surface area contributed by atoms with Gasteiger partial charge in [-0.25, -0.2) is 0 Å². The molecular formula is C21H21NO2. The van der Waals surface area contributed by atoms with Gasteiger partial charge in [-0.3, -0.25) is 9.78 Å². The number of aromatic nitrogens is 1. The van der Waals surface area contributed by atoms with Crippen LogP contribution in [0.1, 0.15) is 26.5 Å². The number of ether oxygens (including phenoxy) is 1. The van der Waals surface area contributed by atoms with Crippen molar-refractivity contribution in [3.63, 3.8) is 0 Å². The third kappa shape index (κ3) is 3.80. The first kappa shape index (κ1) is 16.2. The quantitative estimate of drug-likeness (QED) is 0.652. The minimum absolute atomic E-state index is 0.159. The third-order valence-electron chi connectivity index (χ3n) is 3.62. The molecule has 122 valence electrons. The van der Waals surface area contributed by atoms with E-state index in [4.69, 9.17) is 9.72 Å². The Balaban J connectivity index is 2.05. The minimum Gasteiger partial charge on any atom is -0.460 e. The summed E-state index contributed by atoms with van der Waals surface area (Å²) in [5.41, 5.74) is 3.15. The van der Waals surface area contributed by atoms with E-state index in [9.17, 15) is 4.79 Å². The van der Waals surface area contributed by atoms with Crippen LogP contribution in [0, 0.1) is 0 Å². The molecule has 0 bridgehead atoms. The van der Waals surface area contributed by atoms with Gasteiger partial charge < -0.3 is 4.74 Å². The summed E-state index contributed by atoms with van der Waals surface area (Å²) in [4.78, 5) is 17.0. The largest absolute Gasteiger partial charge is 0.460 e. The summed E-state index contributed by atoms with van der Waals surface area (Å²) < 4.78 is 5.47. The van der Waals surface area contributed by atoms with Gasteiger partial charge in [0.25, 0.3) is 0 Å². The summed E-state index contributed by atoms with van der Waals surface area (Å²) in [6, 6.07) is 20.1. The highest BCUT2D eigenvalue weighted by atomic mass is 16.6. The van der Waals surface area contributed by atoms with Gasteiger partial charge in [-0.1, -0.05) is 48.5 Å². The molecule has 0 fully saturated rings. The number of fused-ring (bicyclic) bond motifs is 1. The monoisotopic (exact) mass is 319 g/mol. The van der Waals surface area contributed by atoms with Crippen LogP contribution in [-0.4, -0.2) is 16.6 Å². The molecule has 0 spiro atoms. The molecule has 3 nitrogen and oxygen atoms in total. The van der Waals surface area contributed by atoms with Crippen LogP contribution >= 0.6 is 0 Å². The van der Waals surface area contributed by atoms with Crippen molar-refractivity contribution in [2.45, 2.75) is 32.8 Å². The normalized spacial score (nSPS) is 11.5. The van der Waals surface area contributed by atoms with Crippen molar-refractivity contribution in [1.29, 1.82) is 0 Å². The summed E-state index contributed by atoms with van der Waals surface area (Å²) in [5, 5.41) is 1.06. The fourth-order valence-electron chi connectivity index (χ4n) is 2.67. The summed E-state index contributed by atoms with van der Waals surface area (Å²) in [6.07, 6.45) is 0.159.